The van der Waals surface area contributed by atoms with Crippen LogP contribution in [0.1, 0.15) is 77.0 Å². The summed E-state index contributed by atoms with van der Waals surface area (Å²) in [6.45, 7) is 5.63. The van der Waals surface area contributed by atoms with Crippen LogP contribution in [0.4, 0.5) is 0 Å². The van der Waals surface area contributed by atoms with Crippen LogP contribution in [0, 0.1) is 23.7 Å². The van der Waals surface area contributed by atoms with E-state index in [4.69, 9.17) is 0 Å². The van der Waals surface area contributed by atoms with E-state index in [0.717, 1.165) is 17.8 Å². The second-order valence-electron chi connectivity index (χ2n) is 9.69. The molecule has 0 bridgehead atoms. The molecule has 0 aromatic heterocycles. The van der Waals surface area contributed by atoms with E-state index in [2.05, 4.69) is 13.1 Å². The highest BCUT2D eigenvalue weighted by Gasteiger charge is 2.51. The maximum Gasteiger partial charge on any atom is 0.0539 e. The van der Waals surface area contributed by atoms with Gasteiger partial charge < -0.3 is 0 Å². The number of hydrogen-bond acceptors (Lipinski definition) is 0. The summed E-state index contributed by atoms with van der Waals surface area (Å²) in [5, 5.41) is 0. The normalized spacial score (nSPS) is 47.1. The van der Waals surface area contributed by atoms with Crippen molar-refractivity contribution in [2.75, 3.05) is 0 Å². The van der Waals surface area contributed by atoms with E-state index in [0.29, 0.717) is 0 Å². The molecule has 1 heteroatoms. The van der Waals surface area contributed by atoms with E-state index >= 15 is 0 Å². The van der Waals surface area contributed by atoms with Crippen LogP contribution in [0.25, 0.3) is 0 Å². The van der Waals surface area contributed by atoms with Crippen molar-refractivity contribution in [3.63, 3.8) is 0 Å². The minimum absolute atomic E-state index is 1.03. The SMILES string of the molecule is C[Si](C)(C1CC2CCCCC2C1)C1CCC2CCCCC21. The fourth-order valence-corrected chi connectivity index (χ4v) is 12.2. The lowest BCUT2D eigenvalue weighted by Gasteiger charge is -2.41. The van der Waals surface area contributed by atoms with Crippen molar-refractivity contribution in [3.8, 4) is 0 Å². The molecule has 0 saturated heterocycles. The monoisotopic (exact) mass is 304 g/mol. The molecular weight excluding hydrogens is 268 g/mol. The van der Waals surface area contributed by atoms with Crippen molar-refractivity contribution in [2.24, 2.45) is 23.7 Å². The lowest BCUT2D eigenvalue weighted by Crippen LogP contribution is -2.40. The molecule has 4 saturated carbocycles. The maximum atomic E-state index is 2.82. The lowest BCUT2D eigenvalue weighted by atomic mass is 9.82. The number of fused-ring (bicyclic) bond motifs is 2. The van der Waals surface area contributed by atoms with Crippen LogP contribution in [-0.2, 0) is 0 Å². The fraction of sp³-hybridized carbons (Fsp3) is 1.00. The van der Waals surface area contributed by atoms with E-state index in [9.17, 15) is 0 Å². The van der Waals surface area contributed by atoms with Crippen molar-refractivity contribution in [1.82, 2.24) is 0 Å². The third kappa shape index (κ3) is 2.56. The topological polar surface area (TPSA) is 0 Å². The van der Waals surface area contributed by atoms with Crippen LogP contribution in [-0.4, -0.2) is 8.07 Å². The van der Waals surface area contributed by atoms with Crippen LogP contribution < -0.4 is 0 Å². The zero-order valence-corrected chi connectivity index (χ0v) is 15.4. The summed E-state index contributed by atoms with van der Waals surface area (Å²) in [6, 6.07) is 0. The Morgan fingerprint density at radius 3 is 1.86 bits per heavy atom. The van der Waals surface area contributed by atoms with Crippen molar-refractivity contribution in [3.05, 3.63) is 0 Å². The minimum Gasteiger partial charge on any atom is -0.0689 e. The average Bonchev–Trinajstić information content (AvgIpc) is 3.11. The smallest absolute Gasteiger partial charge is 0.0539 e. The first-order chi connectivity index (χ1) is 10.2. The zero-order valence-electron chi connectivity index (χ0n) is 14.4. The molecule has 0 aliphatic heterocycles. The summed E-state index contributed by atoms with van der Waals surface area (Å²) in [7, 11) is -1.03. The Morgan fingerprint density at radius 1 is 0.619 bits per heavy atom. The Morgan fingerprint density at radius 2 is 1.19 bits per heavy atom. The average molecular weight is 305 g/mol. The summed E-state index contributed by atoms with van der Waals surface area (Å²) >= 11 is 0. The summed E-state index contributed by atoms with van der Waals surface area (Å²) in [5.74, 6) is 4.63. The first-order valence-corrected chi connectivity index (χ1v) is 13.3. The Hall–Kier alpha value is 0.217. The molecule has 0 radical (unpaired) electrons. The first-order valence-electron chi connectivity index (χ1n) is 10.2. The van der Waals surface area contributed by atoms with Crippen molar-refractivity contribution >= 4 is 8.07 Å². The molecule has 0 amide bonds. The molecule has 4 rings (SSSR count). The Bertz CT molecular complexity index is 360. The van der Waals surface area contributed by atoms with Gasteiger partial charge in [-0.25, -0.2) is 0 Å². The Balaban J connectivity index is 1.48. The van der Waals surface area contributed by atoms with Gasteiger partial charge in [-0.3, -0.25) is 0 Å². The third-order valence-corrected chi connectivity index (χ3v) is 13.8. The lowest BCUT2D eigenvalue weighted by molar-refractivity contribution is 0.274. The van der Waals surface area contributed by atoms with Gasteiger partial charge in [-0.2, -0.15) is 0 Å². The highest BCUT2D eigenvalue weighted by atomic mass is 28.3. The fourth-order valence-electron chi connectivity index (χ4n) is 7.30. The van der Waals surface area contributed by atoms with Gasteiger partial charge in [0.25, 0.3) is 0 Å². The molecular formula is C20H36Si. The van der Waals surface area contributed by atoms with Crippen molar-refractivity contribution in [1.29, 1.82) is 0 Å². The molecule has 0 N–H and O–H groups in total. The van der Waals surface area contributed by atoms with E-state index < -0.39 is 8.07 Å². The Kier molecular flexibility index (Phi) is 4.01. The van der Waals surface area contributed by atoms with E-state index in [1.54, 1.807) is 77.0 Å². The third-order valence-electron chi connectivity index (χ3n) is 8.58. The van der Waals surface area contributed by atoms with Gasteiger partial charge in [0.15, 0.2) is 0 Å². The highest BCUT2D eigenvalue weighted by molar-refractivity contribution is 6.80. The second kappa shape index (κ2) is 5.69. The van der Waals surface area contributed by atoms with Gasteiger partial charge >= 0.3 is 0 Å². The van der Waals surface area contributed by atoms with Gasteiger partial charge in [-0.15, -0.1) is 0 Å². The zero-order chi connectivity index (χ0) is 14.4. The van der Waals surface area contributed by atoms with E-state index in [-0.39, 0.29) is 0 Å². The van der Waals surface area contributed by atoms with Gasteiger partial charge in [-0.1, -0.05) is 77.3 Å². The quantitative estimate of drug-likeness (QED) is 0.502. The molecule has 5 unspecified atom stereocenters. The molecule has 0 spiro atoms. The molecule has 4 fully saturated rings. The summed E-state index contributed by atoms with van der Waals surface area (Å²) in [6.07, 6.45) is 19.1. The molecule has 120 valence electrons. The predicted molar refractivity (Wildman–Crippen MR) is 94.3 cm³/mol. The molecule has 0 nitrogen and oxygen atoms in total. The van der Waals surface area contributed by atoms with Gasteiger partial charge in [0.05, 0.1) is 8.07 Å². The van der Waals surface area contributed by atoms with Crippen LogP contribution in [0.3, 0.4) is 0 Å². The molecule has 0 aromatic carbocycles. The van der Waals surface area contributed by atoms with Crippen LogP contribution in [0.5, 0.6) is 0 Å². The van der Waals surface area contributed by atoms with Crippen LogP contribution in [0.2, 0.25) is 24.2 Å². The van der Waals surface area contributed by atoms with E-state index in [1.165, 1.54) is 17.0 Å². The maximum absolute atomic E-state index is 2.82. The molecule has 4 aliphatic rings. The summed E-state index contributed by atoms with van der Waals surface area (Å²) < 4.78 is 0. The highest BCUT2D eigenvalue weighted by Crippen LogP contribution is 2.60. The van der Waals surface area contributed by atoms with Crippen LogP contribution >= 0.6 is 0 Å². The number of rotatable bonds is 2. The molecule has 0 aromatic rings. The van der Waals surface area contributed by atoms with Gasteiger partial charge in [-0.05, 0) is 47.6 Å². The predicted octanol–water partition coefficient (Wildman–Crippen LogP) is 6.64. The Labute approximate surface area is 133 Å². The largest absolute Gasteiger partial charge is 0.0689 e. The number of hydrogen-bond donors (Lipinski definition) is 0. The second-order valence-corrected chi connectivity index (χ2v) is 14.9. The van der Waals surface area contributed by atoms with E-state index in [1.807, 2.05) is 0 Å². The summed E-state index contributed by atoms with van der Waals surface area (Å²) in [5.41, 5.74) is 2.39. The molecule has 21 heavy (non-hydrogen) atoms. The first kappa shape index (κ1) is 14.8. The molecule has 5 atom stereocenters. The van der Waals surface area contributed by atoms with Gasteiger partial charge in [0.1, 0.15) is 0 Å². The van der Waals surface area contributed by atoms with Crippen LogP contribution in [0.15, 0.2) is 0 Å². The van der Waals surface area contributed by atoms with Gasteiger partial charge in [0, 0.05) is 0 Å². The van der Waals surface area contributed by atoms with Crippen molar-refractivity contribution < 1.29 is 0 Å². The minimum atomic E-state index is -1.03. The molecule has 4 aliphatic carbocycles. The summed E-state index contributed by atoms with van der Waals surface area (Å²) in [4.78, 5) is 0. The van der Waals surface area contributed by atoms with Gasteiger partial charge in [0.2, 0.25) is 0 Å². The molecule has 0 heterocycles. The van der Waals surface area contributed by atoms with Crippen molar-refractivity contribution in [2.45, 2.75) is 101 Å². The standard InChI is InChI=1S/C20H36Si/c1-21(2,18-13-16-8-3-4-9-17(16)14-18)20-12-11-15-7-5-6-10-19(15)20/h15-20H,3-14H2,1-2H3.